The van der Waals surface area contributed by atoms with Gasteiger partial charge in [0.05, 0.1) is 0 Å². The summed E-state index contributed by atoms with van der Waals surface area (Å²) in [6, 6.07) is 7.32. The minimum absolute atomic E-state index is 0.410. The highest BCUT2D eigenvalue weighted by molar-refractivity contribution is 7.13. The van der Waals surface area contributed by atoms with Crippen LogP contribution in [0.15, 0.2) is 30.3 Å². The second-order valence-corrected chi connectivity index (χ2v) is 9.74. The molecule has 0 radical (unpaired) electrons. The van der Waals surface area contributed by atoms with Crippen molar-refractivity contribution in [3.05, 3.63) is 56.0 Å². The summed E-state index contributed by atoms with van der Waals surface area (Å²) in [5.41, 5.74) is 0.982. The van der Waals surface area contributed by atoms with Crippen molar-refractivity contribution in [1.29, 1.82) is 0 Å². The number of aromatic carboxylic acids is 1. The van der Waals surface area contributed by atoms with Gasteiger partial charge in [-0.2, -0.15) is 0 Å². The zero-order chi connectivity index (χ0) is 20.3. The molecule has 3 rings (SSSR count). The Labute approximate surface area is 180 Å². The number of aryl methyl sites for hydroxylation is 1. The maximum atomic E-state index is 11.0. The number of hydrogen-bond acceptors (Lipinski definition) is 3. The number of aromatic nitrogens is 1. The summed E-state index contributed by atoms with van der Waals surface area (Å²) in [6.45, 7) is 4.68. The molecule has 0 unspecified atom stereocenters. The third kappa shape index (κ3) is 5.37. The molecule has 1 aliphatic rings. The van der Waals surface area contributed by atoms with Crippen LogP contribution in [0.25, 0.3) is 6.08 Å². The first kappa shape index (κ1) is 21.4. The van der Waals surface area contributed by atoms with E-state index >= 15 is 0 Å². The SMILES string of the molecule is C[C@@H]1C[C@@H](C)[C@H](CCCc2ccc(C(=O)O)s2)[C@H]1/C=C\c1cc(Cl)nc(Cl)c1. The van der Waals surface area contributed by atoms with Crippen LogP contribution in [0.4, 0.5) is 0 Å². The van der Waals surface area contributed by atoms with Crippen molar-refractivity contribution < 1.29 is 9.90 Å². The molecule has 1 fully saturated rings. The van der Waals surface area contributed by atoms with E-state index in [-0.39, 0.29) is 0 Å². The third-order valence-electron chi connectivity index (χ3n) is 5.76. The lowest BCUT2D eigenvalue weighted by atomic mass is 9.83. The van der Waals surface area contributed by atoms with Gasteiger partial charge in [-0.15, -0.1) is 11.3 Å². The number of rotatable bonds is 7. The van der Waals surface area contributed by atoms with Gasteiger partial charge in [0.2, 0.25) is 0 Å². The molecule has 28 heavy (non-hydrogen) atoms. The fraction of sp³-hybridized carbons (Fsp3) is 0.455. The Hall–Kier alpha value is -1.36. The van der Waals surface area contributed by atoms with E-state index in [0.29, 0.717) is 38.9 Å². The number of pyridine rings is 1. The molecule has 2 aromatic rings. The summed E-state index contributed by atoms with van der Waals surface area (Å²) < 4.78 is 0. The average Bonchev–Trinajstić information content (AvgIpc) is 3.18. The van der Waals surface area contributed by atoms with Gasteiger partial charge in [0, 0.05) is 4.88 Å². The van der Waals surface area contributed by atoms with Crippen LogP contribution >= 0.6 is 34.5 Å². The molecular weight excluding hydrogens is 413 g/mol. The largest absolute Gasteiger partial charge is 0.477 e. The average molecular weight is 438 g/mol. The van der Waals surface area contributed by atoms with Crippen LogP contribution in [0.5, 0.6) is 0 Å². The Kier molecular flexibility index (Phi) is 7.19. The molecule has 3 nitrogen and oxygen atoms in total. The second-order valence-electron chi connectivity index (χ2n) is 7.80. The molecule has 0 bridgehead atoms. The fourth-order valence-electron chi connectivity index (χ4n) is 4.47. The van der Waals surface area contributed by atoms with Crippen LogP contribution in [0, 0.1) is 23.7 Å². The topological polar surface area (TPSA) is 50.2 Å². The summed E-state index contributed by atoms with van der Waals surface area (Å²) in [5, 5.41) is 9.89. The maximum Gasteiger partial charge on any atom is 0.345 e. The highest BCUT2D eigenvalue weighted by Gasteiger charge is 2.36. The molecule has 1 N–H and O–H groups in total. The van der Waals surface area contributed by atoms with Crippen LogP contribution < -0.4 is 0 Å². The molecule has 1 aliphatic carbocycles. The highest BCUT2D eigenvalue weighted by Crippen LogP contribution is 2.45. The molecule has 1 saturated carbocycles. The number of hydrogen-bond donors (Lipinski definition) is 1. The van der Waals surface area contributed by atoms with E-state index in [1.54, 1.807) is 6.07 Å². The molecular formula is C22H25Cl2NO2S. The fourth-order valence-corrected chi connectivity index (χ4v) is 5.84. The Morgan fingerprint density at radius 1 is 1.25 bits per heavy atom. The van der Waals surface area contributed by atoms with Crippen molar-refractivity contribution in [3.63, 3.8) is 0 Å². The maximum absolute atomic E-state index is 11.0. The normalized spacial score (nSPS) is 24.9. The van der Waals surface area contributed by atoms with Crippen LogP contribution in [-0.4, -0.2) is 16.1 Å². The smallest absolute Gasteiger partial charge is 0.345 e. The Balaban J connectivity index is 1.62. The van der Waals surface area contributed by atoms with Crippen LogP contribution in [-0.2, 0) is 6.42 Å². The van der Waals surface area contributed by atoms with Crippen molar-refractivity contribution in [1.82, 2.24) is 4.98 Å². The number of thiophene rings is 1. The molecule has 2 aromatic heterocycles. The van der Waals surface area contributed by atoms with Crippen molar-refractivity contribution >= 4 is 46.6 Å². The quantitative estimate of drug-likeness (QED) is 0.470. The van der Waals surface area contributed by atoms with E-state index in [1.165, 1.54) is 17.8 Å². The van der Waals surface area contributed by atoms with Gasteiger partial charge < -0.3 is 5.11 Å². The first-order valence-electron chi connectivity index (χ1n) is 9.66. The van der Waals surface area contributed by atoms with Crippen molar-refractivity contribution in [3.8, 4) is 0 Å². The van der Waals surface area contributed by atoms with E-state index in [0.717, 1.165) is 29.7 Å². The zero-order valence-electron chi connectivity index (χ0n) is 16.1. The van der Waals surface area contributed by atoms with Crippen LogP contribution in [0.2, 0.25) is 10.3 Å². The molecule has 0 spiro atoms. The van der Waals surface area contributed by atoms with Gasteiger partial charge in [0.15, 0.2) is 0 Å². The van der Waals surface area contributed by atoms with Gasteiger partial charge in [-0.05, 0) is 79.2 Å². The van der Waals surface area contributed by atoms with Crippen LogP contribution in [0.3, 0.4) is 0 Å². The molecule has 0 aromatic carbocycles. The van der Waals surface area contributed by atoms with Crippen molar-refractivity contribution in [2.24, 2.45) is 23.7 Å². The number of carboxylic acids is 1. The standard InChI is InChI=1S/C22H25Cl2NO2S/c1-13-10-14(2)18(8-6-15-11-20(23)25-21(24)12-15)17(13)5-3-4-16-7-9-19(28-16)22(26)27/h6-9,11-14,17-18H,3-5,10H2,1-2H3,(H,26,27)/b8-6-/t13-,14-,17+,18+/m1/s1. The minimum atomic E-state index is -0.837. The summed E-state index contributed by atoms with van der Waals surface area (Å²) >= 11 is 13.4. The Bertz CT molecular complexity index is 844. The summed E-state index contributed by atoms with van der Waals surface area (Å²) in [6.07, 6.45) is 8.84. The predicted molar refractivity (Wildman–Crippen MR) is 117 cm³/mol. The van der Waals surface area contributed by atoms with Gasteiger partial charge >= 0.3 is 5.97 Å². The number of carbonyl (C=O) groups is 1. The van der Waals surface area contributed by atoms with Crippen LogP contribution in [0.1, 0.15) is 53.2 Å². The van der Waals surface area contributed by atoms with E-state index in [1.807, 2.05) is 18.2 Å². The molecule has 6 heteroatoms. The van der Waals surface area contributed by atoms with E-state index < -0.39 is 5.97 Å². The lowest BCUT2D eigenvalue weighted by Crippen LogP contribution is -2.14. The zero-order valence-corrected chi connectivity index (χ0v) is 18.4. The summed E-state index contributed by atoms with van der Waals surface area (Å²) in [7, 11) is 0. The van der Waals surface area contributed by atoms with Crippen molar-refractivity contribution in [2.75, 3.05) is 0 Å². The number of halogens is 2. The van der Waals surface area contributed by atoms with Gasteiger partial charge in [0.25, 0.3) is 0 Å². The minimum Gasteiger partial charge on any atom is -0.477 e. The van der Waals surface area contributed by atoms with Gasteiger partial charge in [-0.1, -0.05) is 49.2 Å². The molecule has 0 aliphatic heterocycles. The number of allylic oxidation sites excluding steroid dienone is 1. The lowest BCUT2D eigenvalue weighted by molar-refractivity contribution is 0.0702. The van der Waals surface area contributed by atoms with E-state index in [4.69, 9.17) is 28.3 Å². The molecule has 4 atom stereocenters. The lowest BCUT2D eigenvalue weighted by Gasteiger charge is -2.22. The van der Waals surface area contributed by atoms with Gasteiger partial charge in [-0.25, -0.2) is 9.78 Å². The third-order valence-corrected chi connectivity index (χ3v) is 7.28. The molecule has 2 heterocycles. The summed E-state index contributed by atoms with van der Waals surface area (Å²) in [5.74, 6) is 1.66. The van der Waals surface area contributed by atoms with E-state index in [9.17, 15) is 4.79 Å². The summed E-state index contributed by atoms with van der Waals surface area (Å²) in [4.78, 5) is 16.6. The first-order chi connectivity index (χ1) is 13.3. The molecule has 150 valence electrons. The molecule has 0 amide bonds. The predicted octanol–water partition coefficient (Wildman–Crippen LogP) is 7.09. The van der Waals surface area contributed by atoms with Crippen molar-refractivity contribution in [2.45, 2.75) is 39.5 Å². The first-order valence-corrected chi connectivity index (χ1v) is 11.2. The van der Waals surface area contributed by atoms with E-state index in [2.05, 4.69) is 31.0 Å². The number of carboxylic acid groups (broad SMARTS) is 1. The monoisotopic (exact) mass is 437 g/mol. The van der Waals surface area contributed by atoms with Gasteiger partial charge in [-0.3, -0.25) is 0 Å². The number of nitrogens with zero attached hydrogens (tertiary/aromatic N) is 1. The van der Waals surface area contributed by atoms with Gasteiger partial charge in [0.1, 0.15) is 15.2 Å². The Morgan fingerprint density at radius 2 is 1.96 bits per heavy atom. The highest BCUT2D eigenvalue weighted by atomic mass is 35.5. The Morgan fingerprint density at radius 3 is 2.61 bits per heavy atom. The second kappa shape index (κ2) is 9.43. The molecule has 0 saturated heterocycles.